The van der Waals surface area contributed by atoms with Crippen LogP contribution in [0.4, 0.5) is 0 Å². The molecule has 2 unspecified atom stereocenters. The molecule has 18 heavy (non-hydrogen) atoms. The molecule has 2 aliphatic rings. The van der Waals surface area contributed by atoms with E-state index in [1.165, 1.54) is 0 Å². The van der Waals surface area contributed by atoms with E-state index >= 15 is 0 Å². The number of esters is 1. The fourth-order valence-corrected chi connectivity index (χ4v) is 2.94. The third-order valence-corrected chi connectivity index (χ3v) is 3.85. The van der Waals surface area contributed by atoms with Gasteiger partial charge < -0.3 is 10.5 Å². The Hall–Kier alpha value is -1.09. The van der Waals surface area contributed by atoms with Crippen LogP contribution < -0.4 is 5.73 Å². The van der Waals surface area contributed by atoms with Crippen molar-refractivity contribution < 1.29 is 11.0 Å². The fourth-order valence-electron chi connectivity index (χ4n) is 2.94. The van der Waals surface area contributed by atoms with Gasteiger partial charge in [-0.25, -0.2) is 4.79 Å². The molecule has 1 fully saturated rings. The minimum Gasteiger partial charge on any atom is -0.456 e. The van der Waals surface area contributed by atoms with Crippen molar-refractivity contribution in [3.63, 3.8) is 0 Å². The van der Waals surface area contributed by atoms with Crippen LogP contribution in [0.15, 0.2) is 23.3 Å². The van der Waals surface area contributed by atoms with E-state index < -0.39 is 5.60 Å². The topological polar surface area (TPSA) is 52.3 Å². The largest absolute Gasteiger partial charge is 0.456 e. The van der Waals surface area contributed by atoms with Gasteiger partial charge in [-0.2, -0.15) is 0 Å². The molecule has 2 aliphatic carbocycles. The third kappa shape index (κ3) is 2.51. The Bertz CT molecular complexity index is 420. The highest BCUT2D eigenvalue weighted by atomic mass is 16.6. The van der Waals surface area contributed by atoms with Crippen molar-refractivity contribution in [2.45, 2.75) is 52.2 Å². The Balaban J connectivity index is 0.00000180. The highest BCUT2D eigenvalue weighted by Gasteiger charge is 2.37. The van der Waals surface area contributed by atoms with Gasteiger partial charge in [0, 0.05) is 7.47 Å². The van der Waals surface area contributed by atoms with Gasteiger partial charge in [0.05, 0.1) is 5.57 Å². The van der Waals surface area contributed by atoms with E-state index in [4.69, 9.17) is 10.5 Å². The smallest absolute Gasteiger partial charge is 0.338 e. The molecule has 0 aromatic carbocycles. The molecule has 0 radical (unpaired) electrons. The molecule has 3 nitrogen and oxygen atoms in total. The Morgan fingerprint density at radius 1 is 1.44 bits per heavy atom. The van der Waals surface area contributed by atoms with Gasteiger partial charge in [0.2, 0.25) is 0 Å². The number of carbonyl (C=O) groups is 1. The molecule has 0 aromatic heterocycles. The Morgan fingerprint density at radius 3 is 2.72 bits per heavy atom. The zero-order chi connectivity index (χ0) is 13.5. The van der Waals surface area contributed by atoms with Crippen LogP contribution >= 0.6 is 0 Å². The molecule has 0 heterocycles. The first-order valence-electron chi connectivity index (χ1n) is 6.67. The number of allylic oxidation sites excluding steroid dienone is 1. The molecule has 102 valence electrons. The Labute approximate surface area is 111 Å². The molecule has 3 heteroatoms. The molecule has 0 bridgehead atoms. The standard InChI is InChI=1S/C15H23NO2.H2/c1-9-10-7-8-13(16)12(10)6-5-11(9)14(17)18-15(2,3)4;/h5-6,10,12-13H,7-8,16H2,1-4H3;1H/t10?,12?,13-;/m0./s1. The van der Waals surface area contributed by atoms with Gasteiger partial charge in [-0.3, -0.25) is 0 Å². The Morgan fingerprint density at radius 2 is 2.11 bits per heavy atom. The molecule has 3 atom stereocenters. The monoisotopic (exact) mass is 251 g/mol. The summed E-state index contributed by atoms with van der Waals surface area (Å²) in [5, 5.41) is 0. The molecule has 1 saturated carbocycles. The zero-order valence-corrected chi connectivity index (χ0v) is 11.7. The maximum atomic E-state index is 12.1. The van der Waals surface area contributed by atoms with Crippen molar-refractivity contribution >= 4 is 5.97 Å². The zero-order valence-electron chi connectivity index (χ0n) is 11.7. The summed E-state index contributed by atoms with van der Waals surface area (Å²) in [4.78, 5) is 12.1. The van der Waals surface area contributed by atoms with Gasteiger partial charge in [-0.05, 0) is 52.4 Å². The van der Waals surface area contributed by atoms with E-state index in [1.807, 2.05) is 33.8 Å². The van der Waals surface area contributed by atoms with Crippen LogP contribution in [0.1, 0.15) is 42.0 Å². The van der Waals surface area contributed by atoms with Crippen molar-refractivity contribution in [3.05, 3.63) is 23.3 Å². The van der Waals surface area contributed by atoms with Crippen LogP contribution in [-0.4, -0.2) is 17.6 Å². The second-order valence-electron chi connectivity index (χ2n) is 6.38. The molecular weight excluding hydrogens is 226 g/mol. The number of hydrogen-bond donors (Lipinski definition) is 1. The first kappa shape index (κ1) is 13.3. The second kappa shape index (κ2) is 4.54. The molecule has 0 amide bonds. The maximum absolute atomic E-state index is 12.1. The summed E-state index contributed by atoms with van der Waals surface area (Å²) in [5.74, 6) is 0.610. The van der Waals surface area contributed by atoms with E-state index in [0.717, 1.165) is 24.0 Å². The number of carbonyl (C=O) groups excluding carboxylic acids is 1. The maximum Gasteiger partial charge on any atom is 0.338 e. The van der Waals surface area contributed by atoms with Gasteiger partial charge >= 0.3 is 5.97 Å². The summed E-state index contributed by atoms with van der Waals surface area (Å²) in [6.07, 6.45) is 6.11. The van der Waals surface area contributed by atoms with Crippen LogP contribution in [0, 0.1) is 11.8 Å². The van der Waals surface area contributed by atoms with E-state index in [0.29, 0.717) is 11.8 Å². The predicted octanol–water partition coefficient (Wildman–Crippen LogP) is 2.81. The first-order chi connectivity index (χ1) is 8.29. The van der Waals surface area contributed by atoms with Crippen molar-refractivity contribution in [2.24, 2.45) is 17.6 Å². The number of nitrogens with two attached hydrogens (primary N) is 1. The number of hydrogen-bond acceptors (Lipinski definition) is 3. The van der Waals surface area contributed by atoms with E-state index in [2.05, 4.69) is 6.08 Å². The van der Waals surface area contributed by atoms with E-state index in [9.17, 15) is 4.79 Å². The van der Waals surface area contributed by atoms with Crippen molar-refractivity contribution in [1.82, 2.24) is 0 Å². The lowest BCUT2D eigenvalue weighted by Gasteiger charge is -2.27. The van der Waals surface area contributed by atoms with Crippen LogP contribution in [0.2, 0.25) is 0 Å². The summed E-state index contributed by atoms with van der Waals surface area (Å²) in [5.41, 5.74) is 7.51. The summed E-state index contributed by atoms with van der Waals surface area (Å²) in [7, 11) is 0. The summed E-state index contributed by atoms with van der Waals surface area (Å²) >= 11 is 0. The summed E-state index contributed by atoms with van der Waals surface area (Å²) in [6, 6.07) is 0.237. The normalized spacial score (nSPS) is 31.5. The van der Waals surface area contributed by atoms with Gasteiger partial charge in [-0.1, -0.05) is 17.7 Å². The number of ether oxygens (including phenoxy) is 1. The Kier molecular flexibility index (Phi) is 3.37. The van der Waals surface area contributed by atoms with Crippen LogP contribution in [0.5, 0.6) is 0 Å². The molecule has 2 N–H and O–H groups in total. The summed E-state index contributed by atoms with van der Waals surface area (Å²) in [6.45, 7) is 7.71. The highest BCUT2D eigenvalue weighted by molar-refractivity contribution is 5.93. The first-order valence-corrected chi connectivity index (χ1v) is 6.67. The third-order valence-electron chi connectivity index (χ3n) is 3.85. The minimum absolute atomic E-state index is 0. The minimum atomic E-state index is -0.443. The average Bonchev–Trinajstić information content (AvgIpc) is 2.59. The van der Waals surface area contributed by atoms with Crippen molar-refractivity contribution in [1.29, 1.82) is 0 Å². The average molecular weight is 251 g/mol. The molecule has 0 saturated heterocycles. The number of rotatable bonds is 1. The van der Waals surface area contributed by atoms with Gasteiger partial charge in [0.1, 0.15) is 5.60 Å². The van der Waals surface area contributed by atoms with Crippen LogP contribution in [0.3, 0.4) is 0 Å². The quantitative estimate of drug-likeness (QED) is 0.729. The highest BCUT2D eigenvalue weighted by Crippen LogP contribution is 2.41. The lowest BCUT2D eigenvalue weighted by molar-refractivity contribution is -0.149. The molecular formula is C15H25NO2. The summed E-state index contributed by atoms with van der Waals surface area (Å²) < 4.78 is 5.44. The second-order valence-corrected chi connectivity index (χ2v) is 6.38. The molecule has 0 aliphatic heterocycles. The number of fused-ring (bicyclic) bond motifs is 1. The van der Waals surface area contributed by atoms with Crippen LogP contribution in [0.25, 0.3) is 0 Å². The SMILES string of the molecule is CC1=C(C(=O)OC(C)(C)C)C=CC2C1CC[C@@H]2N.[HH]. The lowest BCUT2D eigenvalue weighted by Crippen LogP contribution is -2.30. The lowest BCUT2D eigenvalue weighted by atomic mass is 9.81. The van der Waals surface area contributed by atoms with Crippen molar-refractivity contribution in [3.8, 4) is 0 Å². The van der Waals surface area contributed by atoms with E-state index in [-0.39, 0.29) is 13.4 Å². The van der Waals surface area contributed by atoms with Gasteiger partial charge in [0.15, 0.2) is 0 Å². The van der Waals surface area contributed by atoms with Gasteiger partial charge in [0.25, 0.3) is 0 Å². The van der Waals surface area contributed by atoms with Gasteiger partial charge in [-0.15, -0.1) is 0 Å². The van der Waals surface area contributed by atoms with Crippen molar-refractivity contribution in [2.75, 3.05) is 0 Å². The van der Waals surface area contributed by atoms with E-state index in [1.54, 1.807) is 0 Å². The molecule has 0 aromatic rings. The fraction of sp³-hybridized carbons (Fsp3) is 0.667. The molecule has 2 rings (SSSR count). The predicted molar refractivity (Wildman–Crippen MR) is 74.0 cm³/mol. The molecule has 0 spiro atoms. The van der Waals surface area contributed by atoms with Crippen LogP contribution in [-0.2, 0) is 9.53 Å².